The standard InChI is InChI=1S/C40H54F3NO4/c1-3-4-5-6-7-8-9-10-12-16-29-47-37-25-22-34(23-26-37)38-27-24-36(31-44-38)33-18-20-35(21-19-33)39(45)48-30-17-14-11-13-15-28-46-32(2)40(41,42)43/h18-27,31-32H,3-17,28-30H2,1-2H3. The van der Waals surface area contributed by atoms with E-state index in [-0.39, 0.29) is 12.6 Å². The molecule has 0 spiro atoms. The summed E-state index contributed by atoms with van der Waals surface area (Å²) in [5.74, 6) is 0.507. The van der Waals surface area contributed by atoms with Gasteiger partial charge in [-0.15, -0.1) is 0 Å². The molecule has 2 aromatic carbocycles. The second-order valence-electron chi connectivity index (χ2n) is 12.5. The molecule has 3 aromatic rings. The summed E-state index contributed by atoms with van der Waals surface area (Å²) in [5, 5.41) is 0. The summed E-state index contributed by atoms with van der Waals surface area (Å²) in [6.07, 6.45) is 12.6. The second kappa shape index (κ2) is 22.3. The SMILES string of the molecule is CCCCCCCCCCCCOc1ccc(-c2ccc(-c3ccc(C(=O)OCCCCCCCOC(C)C(F)(F)F)cc3)cn2)cc1. The van der Waals surface area contributed by atoms with Crippen molar-refractivity contribution in [2.24, 2.45) is 0 Å². The fourth-order valence-corrected chi connectivity index (χ4v) is 5.37. The summed E-state index contributed by atoms with van der Waals surface area (Å²) < 4.78 is 53.4. The molecule has 0 saturated carbocycles. The third-order valence-electron chi connectivity index (χ3n) is 8.48. The van der Waals surface area contributed by atoms with Crippen LogP contribution in [0.25, 0.3) is 22.4 Å². The van der Waals surface area contributed by atoms with Crippen molar-refractivity contribution in [2.45, 2.75) is 122 Å². The Hall–Kier alpha value is -3.39. The van der Waals surface area contributed by atoms with Gasteiger partial charge in [0.05, 0.1) is 24.5 Å². The maximum Gasteiger partial charge on any atom is 0.414 e. The number of aromatic nitrogens is 1. The van der Waals surface area contributed by atoms with E-state index < -0.39 is 12.3 Å². The largest absolute Gasteiger partial charge is 0.494 e. The Morgan fingerprint density at radius 3 is 1.73 bits per heavy atom. The van der Waals surface area contributed by atoms with Crippen molar-refractivity contribution in [2.75, 3.05) is 19.8 Å². The Balaban J connectivity index is 1.29. The molecule has 0 fully saturated rings. The molecule has 0 aliphatic carbocycles. The maximum atomic E-state index is 12.4. The Kier molecular flexibility index (Phi) is 18.1. The molecule has 1 heterocycles. The van der Waals surface area contributed by atoms with Crippen LogP contribution in [-0.2, 0) is 9.47 Å². The van der Waals surface area contributed by atoms with Crippen LogP contribution in [0.4, 0.5) is 13.2 Å². The maximum absolute atomic E-state index is 12.4. The van der Waals surface area contributed by atoms with Gasteiger partial charge < -0.3 is 14.2 Å². The van der Waals surface area contributed by atoms with E-state index in [4.69, 9.17) is 14.2 Å². The van der Waals surface area contributed by atoms with Crippen molar-refractivity contribution < 1.29 is 32.2 Å². The van der Waals surface area contributed by atoms with Crippen LogP contribution in [0.1, 0.15) is 121 Å². The van der Waals surface area contributed by atoms with E-state index in [2.05, 4.69) is 11.9 Å². The highest BCUT2D eigenvalue weighted by Crippen LogP contribution is 2.25. The van der Waals surface area contributed by atoms with Gasteiger partial charge in [0.1, 0.15) is 5.75 Å². The zero-order chi connectivity index (χ0) is 34.5. The van der Waals surface area contributed by atoms with Crippen LogP contribution in [-0.4, -0.2) is 43.1 Å². The third-order valence-corrected chi connectivity index (χ3v) is 8.48. The predicted octanol–water partition coefficient (Wildman–Crippen LogP) is 11.8. The molecule has 1 aromatic heterocycles. The molecule has 48 heavy (non-hydrogen) atoms. The lowest BCUT2D eigenvalue weighted by atomic mass is 10.0. The first kappa shape index (κ1) is 39.1. The number of nitrogens with zero attached hydrogens (tertiary/aromatic N) is 1. The first-order chi connectivity index (χ1) is 23.3. The summed E-state index contributed by atoms with van der Waals surface area (Å²) in [6, 6.07) is 19.4. The summed E-state index contributed by atoms with van der Waals surface area (Å²) in [4.78, 5) is 17.1. The molecule has 0 aliphatic heterocycles. The lowest BCUT2D eigenvalue weighted by Gasteiger charge is -2.16. The van der Waals surface area contributed by atoms with E-state index in [0.29, 0.717) is 25.0 Å². The number of carbonyl (C=O) groups is 1. The number of hydrogen-bond donors (Lipinski definition) is 0. The summed E-state index contributed by atoms with van der Waals surface area (Å²) in [5.41, 5.74) is 4.29. The molecule has 264 valence electrons. The van der Waals surface area contributed by atoms with E-state index in [0.717, 1.165) is 67.3 Å². The number of halogens is 3. The molecule has 1 unspecified atom stereocenters. The van der Waals surface area contributed by atoms with E-state index >= 15 is 0 Å². The van der Waals surface area contributed by atoms with Crippen LogP contribution in [0.5, 0.6) is 5.75 Å². The molecule has 3 rings (SSSR count). The van der Waals surface area contributed by atoms with Gasteiger partial charge in [-0.1, -0.05) is 102 Å². The highest BCUT2D eigenvalue weighted by Gasteiger charge is 2.36. The van der Waals surface area contributed by atoms with Crippen LogP contribution in [0.15, 0.2) is 66.9 Å². The first-order valence-electron chi connectivity index (χ1n) is 17.9. The van der Waals surface area contributed by atoms with Crippen LogP contribution < -0.4 is 4.74 Å². The normalized spacial score (nSPS) is 12.2. The van der Waals surface area contributed by atoms with Gasteiger partial charge in [-0.2, -0.15) is 13.2 Å². The number of rotatable bonds is 24. The third kappa shape index (κ3) is 15.2. The quantitative estimate of drug-likeness (QED) is 0.0702. The van der Waals surface area contributed by atoms with Gasteiger partial charge in [0.15, 0.2) is 6.10 Å². The Bertz CT molecular complexity index is 1280. The molecule has 0 N–H and O–H groups in total. The van der Waals surface area contributed by atoms with E-state index in [1.807, 2.05) is 54.7 Å². The van der Waals surface area contributed by atoms with Crippen molar-refractivity contribution in [3.8, 4) is 28.1 Å². The second-order valence-corrected chi connectivity index (χ2v) is 12.5. The fourth-order valence-electron chi connectivity index (χ4n) is 5.37. The van der Waals surface area contributed by atoms with Crippen LogP contribution in [0.3, 0.4) is 0 Å². The number of pyridine rings is 1. The minimum absolute atomic E-state index is 0.0923. The molecule has 0 bridgehead atoms. The number of benzene rings is 2. The van der Waals surface area contributed by atoms with Crippen LogP contribution >= 0.6 is 0 Å². The van der Waals surface area contributed by atoms with Crippen molar-refractivity contribution in [1.29, 1.82) is 0 Å². The van der Waals surface area contributed by atoms with Gasteiger partial charge in [0.25, 0.3) is 0 Å². The first-order valence-corrected chi connectivity index (χ1v) is 17.9. The number of unbranched alkanes of at least 4 members (excludes halogenated alkanes) is 13. The van der Waals surface area contributed by atoms with Crippen molar-refractivity contribution in [1.82, 2.24) is 4.98 Å². The molecule has 0 saturated heterocycles. The van der Waals surface area contributed by atoms with Crippen LogP contribution in [0.2, 0.25) is 0 Å². The van der Waals surface area contributed by atoms with Gasteiger partial charge in [0, 0.05) is 23.9 Å². The predicted molar refractivity (Wildman–Crippen MR) is 187 cm³/mol. The van der Waals surface area contributed by atoms with E-state index in [1.165, 1.54) is 57.8 Å². The molecule has 8 heteroatoms. The topological polar surface area (TPSA) is 57.7 Å². The zero-order valence-corrected chi connectivity index (χ0v) is 28.9. The van der Waals surface area contributed by atoms with Crippen molar-refractivity contribution >= 4 is 5.97 Å². The lowest BCUT2D eigenvalue weighted by Crippen LogP contribution is -2.28. The van der Waals surface area contributed by atoms with Crippen molar-refractivity contribution in [3.05, 3.63) is 72.4 Å². The lowest BCUT2D eigenvalue weighted by molar-refractivity contribution is -0.214. The summed E-state index contributed by atoms with van der Waals surface area (Å²) in [7, 11) is 0. The smallest absolute Gasteiger partial charge is 0.414 e. The highest BCUT2D eigenvalue weighted by atomic mass is 19.4. The van der Waals surface area contributed by atoms with Gasteiger partial charge >= 0.3 is 12.1 Å². The number of ether oxygens (including phenoxy) is 3. The summed E-state index contributed by atoms with van der Waals surface area (Å²) in [6.45, 7) is 4.42. The number of esters is 1. The number of alkyl halides is 3. The molecule has 5 nitrogen and oxygen atoms in total. The Morgan fingerprint density at radius 2 is 1.17 bits per heavy atom. The van der Waals surface area contributed by atoms with E-state index in [1.54, 1.807) is 12.1 Å². The average molecular weight is 670 g/mol. The summed E-state index contributed by atoms with van der Waals surface area (Å²) >= 11 is 0. The fraction of sp³-hybridized carbons (Fsp3) is 0.550. The molecule has 0 aliphatic rings. The monoisotopic (exact) mass is 669 g/mol. The molecular weight excluding hydrogens is 615 g/mol. The van der Waals surface area contributed by atoms with Crippen LogP contribution in [0, 0.1) is 0 Å². The number of hydrogen-bond acceptors (Lipinski definition) is 5. The average Bonchev–Trinajstić information content (AvgIpc) is 3.09. The van der Waals surface area contributed by atoms with Gasteiger partial charge in [0.2, 0.25) is 0 Å². The van der Waals surface area contributed by atoms with E-state index in [9.17, 15) is 18.0 Å². The molecule has 1 atom stereocenters. The molecular formula is C40H54F3NO4. The van der Waals surface area contributed by atoms with Gasteiger partial charge in [-0.3, -0.25) is 4.98 Å². The minimum atomic E-state index is -4.32. The van der Waals surface area contributed by atoms with Gasteiger partial charge in [-0.25, -0.2) is 4.79 Å². The number of carbonyl (C=O) groups excluding carboxylic acids is 1. The van der Waals surface area contributed by atoms with Crippen molar-refractivity contribution in [3.63, 3.8) is 0 Å². The van der Waals surface area contributed by atoms with Gasteiger partial charge in [-0.05, 0) is 74.2 Å². The molecule has 0 radical (unpaired) electrons. The Labute approximate surface area is 285 Å². The zero-order valence-electron chi connectivity index (χ0n) is 28.9. The highest BCUT2D eigenvalue weighted by molar-refractivity contribution is 5.90. The minimum Gasteiger partial charge on any atom is -0.494 e. The Morgan fingerprint density at radius 1 is 0.646 bits per heavy atom. The molecule has 0 amide bonds.